The molecule has 0 fully saturated rings. The second-order valence-corrected chi connectivity index (χ2v) is 7.53. The van der Waals surface area contributed by atoms with Gasteiger partial charge in [0, 0.05) is 12.5 Å². The summed E-state index contributed by atoms with van der Waals surface area (Å²) in [6.45, 7) is 1.71. The molecule has 0 N–H and O–H groups in total. The fraction of sp³-hybridized carbons (Fsp3) is 0.222. The third-order valence-electron chi connectivity index (χ3n) is 4.20. The maximum absolute atomic E-state index is 12.5. The monoisotopic (exact) mass is 356 g/mol. The number of rotatable bonds is 4. The fourth-order valence-electron chi connectivity index (χ4n) is 2.95. The Kier molecular flexibility index (Phi) is 3.80. The molecule has 0 saturated heterocycles. The lowest BCUT2D eigenvalue weighted by atomic mass is 10.1. The van der Waals surface area contributed by atoms with Crippen molar-refractivity contribution < 1.29 is 17.1 Å². The normalized spacial score (nSPS) is 13.6. The molecule has 2 aromatic carbocycles. The second kappa shape index (κ2) is 6.00. The van der Waals surface area contributed by atoms with Crippen LogP contribution in [0.1, 0.15) is 23.4 Å². The van der Waals surface area contributed by atoms with Gasteiger partial charge in [0.2, 0.25) is 11.7 Å². The maximum Gasteiger partial charge on any atom is 0.339 e. The standard InChI is InChI=1S/C18H16N2O4S/c1-12-19-18(20-23-12)14-5-8-16(9-6-14)24-25(21,22)17-10-7-13-3-2-4-15(13)11-17/h5-11H,2-4H2,1H3. The van der Waals surface area contributed by atoms with Crippen LogP contribution in [0.2, 0.25) is 0 Å². The van der Waals surface area contributed by atoms with E-state index in [1.54, 1.807) is 43.3 Å². The molecule has 7 heteroatoms. The highest BCUT2D eigenvalue weighted by molar-refractivity contribution is 7.87. The first kappa shape index (κ1) is 15.8. The lowest BCUT2D eigenvalue weighted by molar-refractivity contribution is 0.394. The van der Waals surface area contributed by atoms with E-state index in [9.17, 15) is 8.42 Å². The van der Waals surface area contributed by atoms with Crippen LogP contribution in [0, 0.1) is 6.92 Å². The molecule has 0 unspecified atom stereocenters. The van der Waals surface area contributed by atoms with E-state index in [4.69, 9.17) is 8.71 Å². The molecule has 0 spiro atoms. The number of hydrogen-bond acceptors (Lipinski definition) is 6. The van der Waals surface area contributed by atoms with E-state index in [0.29, 0.717) is 11.7 Å². The van der Waals surface area contributed by atoms with Crippen molar-refractivity contribution in [3.63, 3.8) is 0 Å². The summed E-state index contributed by atoms with van der Waals surface area (Å²) >= 11 is 0. The molecule has 25 heavy (non-hydrogen) atoms. The number of nitrogens with zero attached hydrogens (tertiary/aromatic N) is 2. The Labute approximate surface area is 145 Å². The zero-order valence-corrected chi connectivity index (χ0v) is 14.4. The first-order valence-corrected chi connectivity index (χ1v) is 9.39. The lowest BCUT2D eigenvalue weighted by Crippen LogP contribution is -2.10. The summed E-state index contributed by atoms with van der Waals surface area (Å²) in [4.78, 5) is 4.32. The number of aryl methyl sites for hydroxylation is 3. The molecule has 1 aliphatic carbocycles. The van der Waals surface area contributed by atoms with Crippen LogP contribution < -0.4 is 4.18 Å². The van der Waals surface area contributed by atoms with E-state index >= 15 is 0 Å². The van der Waals surface area contributed by atoms with Gasteiger partial charge >= 0.3 is 10.1 Å². The SMILES string of the molecule is Cc1nc(-c2ccc(OS(=O)(=O)c3ccc4c(c3)CCC4)cc2)no1. The molecule has 1 heterocycles. The molecule has 0 aliphatic heterocycles. The number of fused-ring (bicyclic) bond motifs is 1. The summed E-state index contributed by atoms with van der Waals surface area (Å²) in [7, 11) is -3.86. The van der Waals surface area contributed by atoms with Gasteiger partial charge < -0.3 is 8.71 Å². The van der Waals surface area contributed by atoms with Crippen LogP contribution in [0.15, 0.2) is 51.9 Å². The van der Waals surface area contributed by atoms with E-state index in [1.165, 1.54) is 5.56 Å². The van der Waals surface area contributed by atoms with Crippen molar-refractivity contribution in [1.82, 2.24) is 10.1 Å². The largest absolute Gasteiger partial charge is 0.379 e. The van der Waals surface area contributed by atoms with Crippen molar-refractivity contribution in [2.24, 2.45) is 0 Å². The van der Waals surface area contributed by atoms with E-state index in [0.717, 1.165) is 30.4 Å². The number of hydrogen-bond donors (Lipinski definition) is 0. The molecule has 1 aliphatic rings. The summed E-state index contributed by atoms with van der Waals surface area (Å²) in [6.07, 6.45) is 2.99. The van der Waals surface area contributed by atoms with Gasteiger partial charge in [-0.2, -0.15) is 13.4 Å². The van der Waals surface area contributed by atoms with Gasteiger partial charge in [0.1, 0.15) is 10.6 Å². The molecule has 0 radical (unpaired) electrons. The Morgan fingerprint density at radius 3 is 2.52 bits per heavy atom. The summed E-state index contributed by atoms with van der Waals surface area (Å²) < 4.78 is 35.2. The minimum atomic E-state index is -3.86. The molecule has 1 aromatic heterocycles. The van der Waals surface area contributed by atoms with Crippen LogP contribution in [-0.4, -0.2) is 18.6 Å². The topological polar surface area (TPSA) is 82.3 Å². The van der Waals surface area contributed by atoms with Crippen molar-refractivity contribution in [1.29, 1.82) is 0 Å². The average molecular weight is 356 g/mol. The van der Waals surface area contributed by atoms with Gasteiger partial charge in [-0.25, -0.2) is 0 Å². The van der Waals surface area contributed by atoms with Crippen molar-refractivity contribution in [3.8, 4) is 17.1 Å². The van der Waals surface area contributed by atoms with Gasteiger partial charge in [-0.15, -0.1) is 0 Å². The van der Waals surface area contributed by atoms with Gasteiger partial charge in [-0.1, -0.05) is 11.2 Å². The molecule has 0 amide bonds. The lowest BCUT2D eigenvalue weighted by Gasteiger charge is -2.09. The van der Waals surface area contributed by atoms with Crippen molar-refractivity contribution >= 4 is 10.1 Å². The predicted octanol–water partition coefficient (Wildman–Crippen LogP) is 3.30. The van der Waals surface area contributed by atoms with Crippen molar-refractivity contribution in [2.75, 3.05) is 0 Å². The van der Waals surface area contributed by atoms with Gasteiger partial charge in [0.15, 0.2) is 0 Å². The van der Waals surface area contributed by atoms with Gasteiger partial charge in [-0.05, 0) is 66.8 Å². The van der Waals surface area contributed by atoms with Crippen LogP contribution >= 0.6 is 0 Å². The van der Waals surface area contributed by atoms with Crippen LogP contribution in [0.25, 0.3) is 11.4 Å². The third-order valence-corrected chi connectivity index (χ3v) is 5.45. The Hall–Kier alpha value is -2.67. The maximum atomic E-state index is 12.5. The van der Waals surface area contributed by atoms with Crippen LogP contribution in [0.4, 0.5) is 0 Å². The Morgan fingerprint density at radius 1 is 1.04 bits per heavy atom. The molecular weight excluding hydrogens is 340 g/mol. The Balaban J connectivity index is 1.56. The van der Waals surface area contributed by atoms with Crippen LogP contribution in [0.5, 0.6) is 5.75 Å². The zero-order chi connectivity index (χ0) is 17.4. The van der Waals surface area contributed by atoms with Crippen molar-refractivity contribution in [3.05, 3.63) is 59.5 Å². The van der Waals surface area contributed by atoms with Gasteiger partial charge in [0.25, 0.3) is 0 Å². The summed E-state index contributed by atoms with van der Waals surface area (Å²) in [5.41, 5.74) is 3.03. The smallest absolute Gasteiger partial charge is 0.339 e. The molecule has 0 atom stereocenters. The second-order valence-electron chi connectivity index (χ2n) is 5.98. The molecule has 4 rings (SSSR count). The first-order valence-electron chi connectivity index (χ1n) is 7.98. The van der Waals surface area contributed by atoms with E-state index in [2.05, 4.69) is 10.1 Å². The van der Waals surface area contributed by atoms with Crippen LogP contribution in [-0.2, 0) is 23.0 Å². The molecule has 0 saturated carbocycles. The number of benzene rings is 2. The molecule has 6 nitrogen and oxygen atoms in total. The minimum absolute atomic E-state index is 0.186. The van der Waals surface area contributed by atoms with E-state index in [1.807, 2.05) is 6.07 Å². The molecule has 3 aromatic rings. The van der Waals surface area contributed by atoms with Crippen molar-refractivity contribution in [2.45, 2.75) is 31.1 Å². The van der Waals surface area contributed by atoms with E-state index < -0.39 is 10.1 Å². The fourth-order valence-corrected chi connectivity index (χ4v) is 3.94. The van der Waals surface area contributed by atoms with E-state index in [-0.39, 0.29) is 10.6 Å². The summed E-state index contributed by atoms with van der Waals surface area (Å²) in [5, 5.41) is 3.83. The molecule has 128 valence electrons. The van der Waals surface area contributed by atoms with Gasteiger partial charge in [0.05, 0.1) is 0 Å². The molecule has 0 bridgehead atoms. The minimum Gasteiger partial charge on any atom is -0.379 e. The highest BCUT2D eigenvalue weighted by Crippen LogP contribution is 2.27. The number of aromatic nitrogens is 2. The first-order chi connectivity index (χ1) is 12.0. The quantitative estimate of drug-likeness (QED) is 0.667. The third kappa shape index (κ3) is 3.15. The highest BCUT2D eigenvalue weighted by Gasteiger charge is 2.20. The zero-order valence-electron chi connectivity index (χ0n) is 13.6. The molecular formula is C18H16N2O4S. The predicted molar refractivity (Wildman–Crippen MR) is 90.8 cm³/mol. The van der Waals surface area contributed by atoms with Crippen LogP contribution in [0.3, 0.4) is 0 Å². The Morgan fingerprint density at radius 2 is 1.80 bits per heavy atom. The van der Waals surface area contributed by atoms with Gasteiger partial charge in [-0.3, -0.25) is 0 Å². The Bertz CT molecular complexity index is 1020. The average Bonchev–Trinajstić information content (AvgIpc) is 3.23. The summed E-state index contributed by atoms with van der Waals surface area (Å²) in [6, 6.07) is 11.7. The highest BCUT2D eigenvalue weighted by atomic mass is 32.2. The summed E-state index contributed by atoms with van der Waals surface area (Å²) in [5.74, 6) is 1.16.